The maximum atomic E-state index is 12.4. The highest BCUT2D eigenvalue weighted by Gasteiger charge is 2.08. The first-order valence-corrected chi connectivity index (χ1v) is 15.0. The minimum atomic E-state index is -0.200. The zero-order chi connectivity index (χ0) is 26.4. The fourth-order valence-electron chi connectivity index (χ4n) is 4.37. The van der Waals surface area contributed by atoms with Crippen LogP contribution in [0.1, 0.15) is 113 Å². The van der Waals surface area contributed by atoms with Crippen molar-refractivity contribution in [3.05, 3.63) is 65.7 Å². The number of ether oxygens (including phenoxy) is 1. The van der Waals surface area contributed by atoms with E-state index in [1.807, 2.05) is 30.3 Å². The maximum absolute atomic E-state index is 12.4. The Kier molecular flexibility index (Phi) is 17.2. The molecule has 5 heteroatoms. The molecule has 0 aliphatic rings. The number of thiocarbonyl (C=S) groups is 1. The van der Waals surface area contributed by atoms with Gasteiger partial charge in [-0.15, -0.1) is 0 Å². The Morgan fingerprint density at radius 3 is 1.84 bits per heavy atom. The zero-order valence-electron chi connectivity index (χ0n) is 22.9. The van der Waals surface area contributed by atoms with Gasteiger partial charge in [0, 0.05) is 18.5 Å². The van der Waals surface area contributed by atoms with Crippen LogP contribution in [0.25, 0.3) is 0 Å². The summed E-state index contributed by atoms with van der Waals surface area (Å²) >= 11 is 5.29. The fraction of sp³-hybridized carbons (Fsp3) is 0.562. The van der Waals surface area contributed by atoms with E-state index in [4.69, 9.17) is 17.0 Å². The van der Waals surface area contributed by atoms with E-state index in [2.05, 4.69) is 29.7 Å². The largest absolute Gasteiger partial charge is 0.493 e. The molecule has 4 nitrogen and oxygen atoms in total. The van der Waals surface area contributed by atoms with Crippen LogP contribution >= 0.6 is 12.2 Å². The second-order valence-electron chi connectivity index (χ2n) is 9.91. The second-order valence-corrected chi connectivity index (χ2v) is 10.3. The van der Waals surface area contributed by atoms with E-state index < -0.39 is 0 Å². The maximum Gasteiger partial charge on any atom is 0.257 e. The lowest BCUT2D eigenvalue weighted by atomic mass is 10.0. The second kappa shape index (κ2) is 20.6. The van der Waals surface area contributed by atoms with Crippen molar-refractivity contribution in [3.63, 3.8) is 0 Å². The molecule has 1 amide bonds. The van der Waals surface area contributed by atoms with Gasteiger partial charge in [0.15, 0.2) is 5.11 Å². The summed E-state index contributed by atoms with van der Waals surface area (Å²) in [5.74, 6) is 0.556. The van der Waals surface area contributed by atoms with Gasteiger partial charge >= 0.3 is 0 Å². The number of nitrogens with one attached hydrogen (secondary N) is 2. The van der Waals surface area contributed by atoms with Gasteiger partial charge in [-0.3, -0.25) is 10.1 Å². The molecule has 0 heterocycles. The summed E-state index contributed by atoms with van der Waals surface area (Å²) in [5, 5.41) is 6.32. The predicted octanol–water partition coefficient (Wildman–Crippen LogP) is 8.39. The number of benzene rings is 2. The van der Waals surface area contributed by atoms with Gasteiger partial charge in [-0.2, -0.15) is 0 Å². The van der Waals surface area contributed by atoms with Gasteiger partial charge in [0.1, 0.15) is 5.75 Å². The number of hydrogen-bond acceptors (Lipinski definition) is 3. The average molecular weight is 525 g/mol. The van der Waals surface area contributed by atoms with E-state index in [9.17, 15) is 4.79 Å². The lowest BCUT2D eigenvalue weighted by Crippen LogP contribution is -2.39. The molecule has 0 fully saturated rings. The van der Waals surface area contributed by atoms with Crippen molar-refractivity contribution >= 4 is 23.2 Å². The number of hydrogen-bond donors (Lipinski definition) is 2. The monoisotopic (exact) mass is 524 g/mol. The number of carbonyl (C=O) groups is 1. The molecule has 2 aromatic rings. The Bertz CT molecular complexity index is 855. The summed E-state index contributed by atoms with van der Waals surface area (Å²) in [6.07, 6.45) is 19.7. The van der Waals surface area contributed by atoms with Crippen LogP contribution in [0.5, 0.6) is 5.75 Å². The molecule has 0 aliphatic carbocycles. The number of amides is 1. The van der Waals surface area contributed by atoms with Crippen molar-refractivity contribution in [1.82, 2.24) is 10.6 Å². The Hall–Kier alpha value is -2.40. The van der Waals surface area contributed by atoms with Gasteiger partial charge in [0.05, 0.1) is 6.61 Å². The molecule has 2 rings (SSSR count). The predicted molar refractivity (Wildman–Crippen MR) is 160 cm³/mol. The molecule has 0 aromatic heterocycles. The number of carbonyl (C=O) groups excluding carboxylic acids is 1. The van der Waals surface area contributed by atoms with Crippen LogP contribution in [0, 0.1) is 0 Å². The Morgan fingerprint density at radius 2 is 1.27 bits per heavy atom. The molecular weight excluding hydrogens is 476 g/mol. The lowest BCUT2D eigenvalue weighted by Gasteiger charge is -2.10. The van der Waals surface area contributed by atoms with Crippen LogP contribution in [0.3, 0.4) is 0 Å². The third kappa shape index (κ3) is 15.5. The van der Waals surface area contributed by atoms with Crippen LogP contribution in [-0.2, 0) is 6.42 Å². The summed E-state index contributed by atoms with van der Waals surface area (Å²) < 4.78 is 5.79. The normalized spacial score (nSPS) is 10.7. The van der Waals surface area contributed by atoms with Gasteiger partial charge in [-0.25, -0.2) is 0 Å². The first kappa shape index (κ1) is 30.8. The summed E-state index contributed by atoms with van der Waals surface area (Å²) in [6.45, 7) is 3.67. The summed E-state index contributed by atoms with van der Waals surface area (Å²) in [4.78, 5) is 12.4. The highest BCUT2D eigenvalue weighted by Crippen LogP contribution is 2.14. The van der Waals surface area contributed by atoms with E-state index in [0.717, 1.165) is 25.1 Å². The van der Waals surface area contributed by atoms with E-state index in [0.29, 0.717) is 17.3 Å². The van der Waals surface area contributed by atoms with E-state index in [1.54, 1.807) is 12.1 Å². The highest BCUT2D eigenvalue weighted by atomic mass is 32.1. The molecule has 37 heavy (non-hydrogen) atoms. The Morgan fingerprint density at radius 1 is 0.730 bits per heavy atom. The van der Waals surface area contributed by atoms with Crippen molar-refractivity contribution in [2.45, 2.75) is 103 Å². The van der Waals surface area contributed by atoms with Gasteiger partial charge < -0.3 is 10.1 Å². The minimum absolute atomic E-state index is 0.200. The molecule has 0 saturated carbocycles. The van der Waals surface area contributed by atoms with Gasteiger partial charge in [-0.05, 0) is 48.5 Å². The first-order valence-electron chi connectivity index (χ1n) is 14.5. The van der Waals surface area contributed by atoms with Crippen molar-refractivity contribution in [2.24, 2.45) is 0 Å². The molecule has 0 aliphatic heterocycles. The Balaban J connectivity index is 1.43. The highest BCUT2D eigenvalue weighted by molar-refractivity contribution is 7.80. The van der Waals surface area contributed by atoms with E-state index >= 15 is 0 Å². The summed E-state index contributed by atoms with van der Waals surface area (Å²) in [5.41, 5.74) is 1.81. The molecule has 0 saturated heterocycles. The summed E-state index contributed by atoms with van der Waals surface area (Å²) in [7, 11) is 0. The van der Waals surface area contributed by atoms with Crippen molar-refractivity contribution in [2.75, 3.05) is 13.2 Å². The molecule has 0 bridgehead atoms. The molecule has 2 N–H and O–H groups in total. The van der Waals surface area contributed by atoms with Crippen LogP contribution in [0.2, 0.25) is 0 Å². The quantitative estimate of drug-likeness (QED) is 0.135. The molecule has 204 valence electrons. The van der Waals surface area contributed by atoms with Crippen LogP contribution in [0.15, 0.2) is 54.6 Å². The average Bonchev–Trinajstić information content (AvgIpc) is 2.92. The van der Waals surface area contributed by atoms with Crippen molar-refractivity contribution < 1.29 is 9.53 Å². The van der Waals surface area contributed by atoms with Crippen molar-refractivity contribution in [1.29, 1.82) is 0 Å². The fourth-order valence-corrected chi connectivity index (χ4v) is 4.57. The van der Waals surface area contributed by atoms with E-state index in [-0.39, 0.29) is 5.91 Å². The molecule has 0 spiro atoms. The van der Waals surface area contributed by atoms with Gasteiger partial charge in [-0.1, -0.05) is 121 Å². The molecular formula is C32H48N2O2S. The van der Waals surface area contributed by atoms with E-state index in [1.165, 1.54) is 89.0 Å². The third-order valence-electron chi connectivity index (χ3n) is 6.66. The van der Waals surface area contributed by atoms with Crippen LogP contribution in [-0.4, -0.2) is 24.2 Å². The molecule has 0 atom stereocenters. The molecule has 2 aromatic carbocycles. The zero-order valence-corrected chi connectivity index (χ0v) is 23.8. The van der Waals surface area contributed by atoms with Crippen LogP contribution in [0.4, 0.5) is 0 Å². The minimum Gasteiger partial charge on any atom is -0.493 e. The van der Waals surface area contributed by atoms with Gasteiger partial charge in [0.2, 0.25) is 0 Å². The molecule has 0 radical (unpaired) electrons. The molecule has 0 unspecified atom stereocenters. The SMILES string of the molecule is CCCCCCCCCCCCCCCCNC(=S)NC(=O)c1ccc(OCCc2ccccc2)cc1. The van der Waals surface area contributed by atoms with Crippen molar-refractivity contribution in [3.8, 4) is 5.75 Å². The van der Waals surface area contributed by atoms with Gasteiger partial charge in [0.25, 0.3) is 5.91 Å². The smallest absolute Gasteiger partial charge is 0.257 e. The topological polar surface area (TPSA) is 50.4 Å². The Labute approximate surface area is 231 Å². The van der Waals surface area contributed by atoms with Crippen LogP contribution < -0.4 is 15.4 Å². The number of rotatable bonds is 20. The third-order valence-corrected chi connectivity index (χ3v) is 6.91. The summed E-state index contributed by atoms with van der Waals surface area (Å²) in [6, 6.07) is 17.4. The first-order chi connectivity index (χ1) is 18.2. The standard InChI is InChI=1S/C32H48N2O2S/c1-2-3-4-5-6-7-8-9-10-11-12-13-14-18-26-33-32(37)34-31(35)29-21-23-30(24-22-29)36-27-25-28-19-16-15-17-20-28/h15-17,19-24H,2-14,18,25-27H2,1H3,(H2,33,34,35,37). The number of unbranched alkanes of at least 4 members (excludes halogenated alkanes) is 13. The lowest BCUT2D eigenvalue weighted by molar-refractivity contribution is 0.0976.